The van der Waals surface area contributed by atoms with Crippen LogP contribution in [0.5, 0.6) is 0 Å². The Morgan fingerprint density at radius 1 is 1.17 bits per heavy atom. The third kappa shape index (κ3) is 2.10. The molecule has 0 spiro atoms. The summed E-state index contributed by atoms with van der Waals surface area (Å²) in [6.07, 6.45) is 11.2. The monoisotopic (exact) mass is 162 g/mol. The standard InChI is InChI=1S/C12H18/c1-4-6-7-12-9-10(3)8-11(12)5-2/h4-7,10H,8-9H2,1-3H3/b6-4-,11-5-,12-7-. The van der Waals surface area contributed by atoms with E-state index in [0.717, 1.165) is 5.92 Å². The average molecular weight is 162 g/mol. The molecule has 0 saturated heterocycles. The average Bonchev–Trinajstić information content (AvgIpc) is 2.42. The van der Waals surface area contributed by atoms with Crippen LogP contribution in [0.1, 0.15) is 33.6 Å². The number of hydrogen-bond donors (Lipinski definition) is 0. The van der Waals surface area contributed by atoms with E-state index < -0.39 is 0 Å². The predicted molar refractivity (Wildman–Crippen MR) is 55.1 cm³/mol. The highest BCUT2D eigenvalue weighted by atomic mass is 14.2. The first kappa shape index (κ1) is 9.31. The first-order chi connectivity index (χ1) is 5.77. The summed E-state index contributed by atoms with van der Waals surface area (Å²) in [6, 6.07) is 0. The minimum Gasteiger partial charge on any atom is -0.0877 e. The van der Waals surface area contributed by atoms with Crippen LogP contribution in [0.2, 0.25) is 0 Å². The van der Waals surface area contributed by atoms with Gasteiger partial charge in [-0.05, 0) is 43.8 Å². The van der Waals surface area contributed by atoms with E-state index in [-0.39, 0.29) is 0 Å². The Balaban J connectivity index is 2.77. The van der Waals surface area contributed by atoms with Crippen LogP contribution in [0.15, 0.2) is 35.5 Å². The van der Waals surface area contributed by atoms with Crippen molar-refractivity contribution < 1.29 is 0 Å². The predicted octanol–water partition coefficient (Wildman–Crippen LogP) is 3.87. The van der Waals surface area contributed by atoms with Crippen molar-refractivity contribution in [3.8, 4) is 0 Å². The number of rotatable bonds is 1. The lowest BCUT2D eigenvalue weighted by atomic mass is 10.1. The lowest BCUT2D eigenvalue weighted by Gasteiger charge is -1.95. The zero-order valence-corrected chi connectivity index (χ0v) is 8.30. The molecule has 1 aliphatic rings. The highest BCUT2D eigenvalue weighted by Crippen LogP contribution is 2.34. The Hall–Kier alpha value is -0.780. The molecule has 1 fully saturated rings. The summed E-state index contributed by atoms with van der Waals surface area (Å²) in [5.74, 6) is 0.840. The first-order valence-corrected chi connectivity index (χ1v) is 4.75. The third-order valence-electron chi connectivity index (χ3n) is 2.39. The fraction of sp³-hybridized carbons (Fsp3) is 0.500. The molecule has 0 N–H and O–H groups in total. The van der Waals surface area contributed by atoms with E-state index in [1.807, 2.05) is 0 Å². The molecule has 1 unspecified atom stereocenters. The Morgan fingerprint density at radius 2 is 1.83 bits per heavy atom. The minimum atomic E-state index is 0.840. The SMILES string of the molecule is C\C=C/C=C1/CC(C)C/C1=C/C. The van der Waals surface area contributed by atoms with Crippen LogP contribution in [-0.2, 0) is 0 Å². The van der Waals surface area contributed by atoms with Crippen LogP contribution in [-0.4, -0.2) is 0 Å². The maximum atomic E-state index is 2.32. The number of allylic oxidation sites excluding steroid dienone is 6. The van der Waals surface area contributed by atoms with Crippen LogP contribution >= 0.6 is 0 Å². The van der Waals surface area contributed by atoms with E-state index in [1.54, 1.807) is 5.57 Å². The molecule has 1 atom stereocenters. The van der Waals surface area contributed by atoms with Gasteiger partial charge in [0.1, 0.15) is 0 Å². The van der Waals surface area contributed by atoms with Gasteiger partial charge in [0, 0.05) is 0 Å². The first-order valence-electron chi connectivity index (χ1n) is 4.75. The van der Waals surface area contributed by atoms with Crippen molar-refractivity contribution in [2.24, 2.45) is 5.92 Å². The molecule has 0 heterocycles. The van der Waals surface area contributed by atoms with Crippen molar-refractivity contribution >= 4 is 0 Å². The molecule has 1 aliphatic carbocycles. The van der Waals surface area contributed by atoms with Gasteiger partial charge >= 0.3 is 0 Å². The summed E-state index contributed by atoms with van der Waals surface area (Å²) < 4.78 is 0. The minimum absolute atomic E-state index is 0.840. The fourth-order valence-corrected chi connectivity index (χ4v) is 1.78. The van der Waals surface area contributed by atoms with E-state index in [9.17, 15) is 0 Å². The van der Waals surface area contributed by atoms with E-state index in [1.165, 1.54) is 18.4 Å². The van der Waals surface area contributed by atoms with Gasteiger partial charge in [0.15, 0.2) is 0 Å². The van der Waals surface area contributed by atoms with Crippen molar-refractivity contribution in [1.29, 1.82) is 0 Å². The molecule has 0 heteroatoms. The Bertz CT molecular complexity index is 228. The molecule has 66 valence electrons. The molecule has 0 amide bonds. The largest absolute Gasteiger partial charge is 0.0877 e. The zero-order chi connectivity index (χ0) is 8.97. The van der Waals surface area contributed by atoms with Gasteiger partial charge in [0.2, 0.25) is 0 Å². The van der Waals surface area contributed by atoms with Crippen molar-refractivity contribution in [1.82, 2.24) is 0 Å². The summed E-state index contributed by atoms with van der Waals surface area (Å²) in [5.41, 5.74) is 3.07. The highest BCUT2D eigenvalue weighted by molar-refractivity contribution is 5.37. The normalized spacial score (nSPS) is 31.1. The lowest BCUT2D eigenvalue weighted by molar-refractivity contribution is 0.640. The molecule has 1 rings (SSSR count). The molecular weight excluding hydrogens is 144 g/mol. The summed E-state index contributed by atoms with van der Waals surface area (Å²) in [5, 5.41) is 0. The fourth-order valence-electron chi connectivity index (χ4n) is 1.78. The second-order valence-corrected chi connectivity index (χ2v) is 3.55. The van der Waals surface area contributed by atoms with Gasteiger partial charge < -0.3 is 0 Å². The van der Waals surface area contributed by atoms with Crippen LogP contribution in [0.25, 0.3) is 0 Å². The smallest absolute Gasteiger partial charge is 0.0247 e. The van der Waals surface area contributed by atoms with Gasteiger partial charge in [-0.15, -0.1) is 0 Å². The van der Waals surface area contributed by atoms with Gasteiger partial charge in [0.25, 0.3) is 0 Å². The molecule has 0 radical (unpaired) electrons. The quantitative estimate of drug-likeness (QED) is 0.549. The zero-order valence-electron chi connectivity index (χ0n) is 8.30. The van der Waals surface area contributed by atoms with E-state index >= 15 is 0 Å². The molecule has 0 aromatic carbocycles. The molecule has 0 aromatic rings. The molecule has 0 nitrogen and oxygen atoms in total. The van der Waals surface area contributed by atoms with E-state index in [2.05, 4.69) is 45.1 Å². The Labute approximate surface area is 75.7 Å². The molecule has 0 aliphatic heterocycles. The van der Waals surface area contributed by atoms with Crippen LogP contribution < -0.4 is 0 Å². The summed E-state index contributed by atoms with van der Waals surface area (Å²) >= 11 is 0. The number of hydrogen-bond acceptors (Lipinski definition) is 0. The van der Waals surface area contributed by atoms with Crippen LogP contribution in [0.4, 0.5) is 0 Å². The van der Waals surface area contributed by atoms with Crippen molar-refractivity contribution in [3.63, 3.8) is 0 Å². The maximum absolute atomic E-state index is 2.32. The molecule has 0 aromatic heterocycles. The second kappa shape index (κ2) is 4.30. The topological polar surface area (TPSA) is 0 Å². The van der Waals surface area contributed by atoms with Gasteiger partial charge in [-0.3, -0.25) is 0 Å². The van der Waals surface area contributed by atoms with Crippen molar-refractivity contribution in [3.05, 3.63) is 35.5 Å². The van der Waals surface area contributed by atoms with Gasteiger partial charge in [-0.1, -0.05) is 31.2 Å². The van der Waals surface area contributed by atoms with Gasteiger partial charge in [-0.2, -0.15) is 0 Å². The van der Waals surface area contributed by atoms with Gasteiger partial charge in [0.05, 0.1) is 0 Å². The Morgan fingerprint density at radius 3 is 2.42 bits per heavy atom. The second-order valence-electron chi connectivity index (χ2n) is 3.55. The van der Waals surface area contributed by atoms with Gasteiger partial charge in [-0.25, -0.2) is 0 Å². The van der Waals surface area contributed by atoms with E-state index in [0.29, 0.717) is 0 Å². The lowest BCUT2D eigenvalue weighted by Crippen LogP contribution is -1.80. The summed E-state index contributed by atoms with van der Waals surface area (Å²) in [7, 11) is 0. The maximum Gasteiger partial charge on any atom is -0.0247 e. The van der Waals surface area contributed by atoms with Crippen molar-refractivity contribution in [2.45, 2.75) is 33.6 Å². The van der Waals surface area contributed by atoms with Crippen LogP contribution in [0.3, 0.4) is 0 Å². The summed E-state index contributed by atoms with van der Waals surface area (Å²) in [4.78, 5) is 0. The summed E-state index contributed by atoms with van der Waals surface area (Å²) in [6.45, 7) is 6.52. The van der Waals surface area contributed by atoms with Crippen LogP contribution in [0, 0.1) is 5.92 Å². The molecule has 1 saturated carbocycles. The third-order valence-corrected chi connectivity index (χ3v) is 2.39. The molecular formula is C12H18. The molecule has 12 heavy (non-hydrogen) atoms. The van der Waals surface area contributed by atoms with Crippen molar-refractivity contribution in [2.75, 3.05) is 0 Å². The highest BCUT2D eigenvalue weighted by Gasteiger charge is 2.18. The molecule has 0 bridgehead atoms. The Kier molecular flexibility index (Phi) is 3.33. The van der Waals surface area contributed by atoms with E-state index in [4.69, 9.17) is 0 Å².